The lowest BCUT2D eigenvalue weighted by Gasteiger charge is -1.95. The molecule has 0 heterocycles. The maximum atomic E-state index is 9.50. The zero-order valence-electron chi connectivity index (χ0n) is 4.91. The van der Waals surface area contributed by atoms with Crippen LogP contribution >= 0.6 is 0 Å². The second-order valence-electron chi connectivity index (χ2n) is 1.29. The molecule has 0 aliphatic heterocycles. The largest absolute Gasteiger partial charge is 0.468 e. The average Bonchev–Trinajstić information content (AvgIpc) is 1.89. The maximum Gasteiger partial charge on any atom is 0.293 e. The molecule has 0 saturated carbocycles. The molecule has 0 spiro atoms. The highest BCUT2D eigenvalue weighted by molar-refractivity contribution is 5.37. The Morgan fingerprint density at radius 1 is 1.00 bits per heavy atom. The molecule has 0 saturated heterocycles. The molecule has 0 fully saturated rings. The van der Waals surface area contributed by atoms with Crippen LogP contribution in [0.3, 0.4) is 0 Å². The van der Waals surface area contributed by atoms with Gasteiger partial charge in [0.25, 0.3) is 12.9 Å². The predicted octanol–water partition coefficient (Wildman–Crippen LogP) is -0.278. The lowest BCUT2D eigenvalue weighted by Crippen LogP contribution is -1.98. The number of carbonyl (C=O) groups is 2. The van der Waals surface area contributed by atoms with Crippen LogP contribution in [0.5, 0.6) is 0 Å². The first-order chi connectivity index (χ1) is 4.41. The molecule has 0 atom stereocenters. The van der Waals surface area contributed by atoms with E-state index in [1.165, 1.54) is 0 Å². The van der Waals surface area contributed by atoms with Gasteiger partial charge in [-0.1, -0.05) is 0 Å². The summed E-state index contributed by atoms with van der Waals surface area (Å²) in [6, 6.07) is 0. The summed E-state index contributed by atoms with van der Waals surface area (Å²) >= 11 is 0. The highest BCUT2D eigenvalue weighted by Crippen LogP contribution is 1.79. The molecule has 0 amide bonds. The van der Waals surface area contributed by atoms with Crippen molar-refractivity contribution in [3.8, 4) is 0 Å². The van der Waals surface area contributed by atoms with Gasteiger partial charge in [-0.3, -0.25) is 9.59 Å². The van der Waals surface area contributed by atoms with Crippen LogP contribution in [0.25, 0.3) is 0 Å². The molecule has 0 aliphatic carbocycles. The quantitative estimate of drug-likeness (QED) is 0.368. The number of ether oxygens (including phenoxy) is 2. The fraction of sp³-hybridized carbons (Fsp3) is 0.600. The van der Waals surface area contributed by atoms with Gasteiger partial charge in [0.15, 0.2) is 0 Å². The monoisotopic (exact) mass is 132 g/mol. The number of hydrogen-bond acceptors (Lipinski definition) is 4. The smallest absolute Gasteiger partial charge is 0.293 e. The molecule has 0 bridgehead atoms. The zero-order valence-corrected chi connectivity index (χ0v) is 4.91. The van der Waals surface area contributed by atoms with E-state index in [9.17, 15) is 9.59 Å². The molecule has 0 aromatic heterocycles. The minimum absolute atomic E-state index is 0.303. The van der Waals surface area contributed by atoms with E-state index in [-0.39, 0.29) is 0 Å². The lowest BCUT2D eigenvalue weighted by molar-refractivity contribution is -0.130. The summed E-state index contributed by atoms with van der Waals surface area (Å²) in [5.41, 5.74) is 0. The summed E-state index contributed by atoms with van der Waals surface area (Å²) in [4.78, 5) is 19.0. The average molecular weight is 132 g/mol. The highest BCUT2D eigenvalue weighted by atomic mass is 16.5. The van der Waals surface area contributed by atoms with Gasteiger partial charge in [-0.15, -0.1) is 0 Å². The van der Waals surface area contributed by atoms with Crippen LogP contribution in [0, 0.1) is 0 Å². The molecule has 0 rings (SSSR count). The van der Waals surface area contributed by atoms with Gasteiger partial charge in [0.2, 0.25) is 0 Å². The third-order valence-electron chi connectivity index (χ3n) is 0.660. The van der Waals surface area contributed by atoms with E-state index in [2.05, 4.69) is 9.47 Å². The molecule has 0 aliphatic rings. The number of carbonyl (C=O) groups excluding carboxylic acids is 2. The van der Waals surface area contributed by atoms with E-state index in [4.69, 9.17) is 0 Å². The van der Waals surface area contributed by atoms with Gasteiger partial charge in [0.05, 0.1) is 13.2 Å². The molecule has 52 valence electrons. The molecule has 0 aromatic rings. The molecule has 0 aromatic carbocycles. The van der Waals surface area contributed by atoms with Crippen molar-refractivity contribution in [3.05, 3.63) is 0 Å². The van der Waals surface area contributed by atoms with Crippen LogP contribution in [0.15, 0.2) is 0 Å². The SMILES string of the molecule is O=COCCCOC=O. The van der Waals surface area contributed by atoms with Crippen molar-refractivity contribution in [1.29, 1.82) is 0 Å². The molecule has 4 heteroatoms. The molecular formula is C5H8O4. The number of hydrogen-bond donors (Lipinski definition) is 0. The summed E-state index contributed by atoms with van der Waals surface area (Å²) in [7, 11) is 0. The van der Waals surface area contributed by atoms with Gasteiger partial charge in [-0.2, -0.15) is 0 Å². The van der Waals surface area contributed by atoms with Crippen LogP contribution in [0.4, 0.5) is 0 Å². The Kier molecular flexibility index (Phi) is 6.12. The van der Waals surface area contributed by atoms with Gasteiger partial charge < -0.3 is 9.47 Å². The van der Waals surface area contributed by atoms with Crippen molar-refractivity contribution in [2.75, 3.05) is 13.2 Å². The van der Waals surface area contributed by atoms with Gasteiger partial charge in [-0.25, -0.2) is 0 Å². The van der Waals surface area contributed by atoms with Crippen molar-refractivity contribution in [2.24, 2.45) is 0 Å². The molecule has 4 nitrogen and oxygen atoms in total. The molecule has 9 heavy (non-hydrogen) atoms. The second kappa shape index (κ2) is 6.94. The van der Waals surface area contributed by atoms with Crippen LogP contribution in [-0.2, 0) is 19.1 Å². The summed E-state index contributed by atoms with van der Waals surface area (Å²) in [6.45, 7) is 1.33. The molecular weight excluding hydrogens is 124 g/mol. The summed E-state index contributed by atoms with van der Waals surface area (Å²) in [5.74, 6) is 0. The Balaban J connectivity index is 2.74. The Hall–Kier alpha value is -1.06. The summed E-state index contributed by atoms with van der Waals surface area (Å²) in [6.07, 6.45) is 0.553. The van der Waals surface area contributed by atoms with E-state index in [1.807, 2.05) is 0 Å². The third-order valence-corrected chi connectivity index (χ3v) is 0.660. The topological polar surface area (TPSA) is 52.6 Å². The van der Waals surface area contributed by atoms with Crippen LogP contribution in [-0.4, -0.2) is 26.2 Å². The number of rotatable bonds is 6. The van der Waals surface area contributed by atoms with Crippen molar-refractivity contribution in [1.82, 2.24) is 0 Å². The standard InChI is InChI=1S/C5H8O4/c6-4-8-2-1-3-9-5-7/h4-5H,1-3H2. The minimum Gasteiger partial charge on any atom is -0.468 e. The van der Waals surface area contributed by atoms with Crippen molar-refractivity contribution in [2.45, 2.75) is 6.42 Å². The first-order valence-corrected chi connectivity index (χ1v) is 2.52. The Morgan fingerprint density at radius 3 is 1.78 bits per heavy atom. The van der Waals surface area contributed by atoms with E-state index < -0.39 is 0 Å². The van der Waals surface area contributed by atoms with Gasteiger partial charge >= 0.3 is 0 Å². The third kappa shape index (κ3) is 6.94. The van der Waals surface area contributed by atoms with Gasteiger partial charge in [0.1, 0.15) is 0 Å². The minimum atomic E-state index is 0.303. The van der Waals surface area contributed by atoms with Crippen molar-refractivity contribution < 1.29 is 19.1 Å². The second-order valence-corrected chi connectivity index (χ2v) is 1.29. The van der Waals surface area contributed by atoms with Crippen LogP contribution in [0.1, 0.15) is 6.42 Å². The van der Waals surface area contributed by atoms with Crippen molar-refractivity contribution >= 4 is 12.9 Å². The van der Waals surface area contributed by atoms with Crippen molar-refractivity contribution in [3.63, 3.8) is 0 Å². The molecule has 0 unspecified atom stereocenters. The first kappa shape index (κ1) is 7.94. The van der Waals surface area contributed by atoms with E-state index in [0.717, 1.165) is 0 Å². The fourth-order valence-electron chi connectivity index (χ4n) is 0.322. The fourth-order valence-corrected chi connectivity index (χ4v) is 0.322. The lowest BCUT2D eigenvalue weighted by atomic mass is 10.5. The molecule has 0 N–H and O–H groups in total. The Morgan fingerprint density at radius 2 is 1.44 bits per heavy atom. The maximum absolute atomic E-state index is 9.50. The summed E-state index contributed by atoms with van der Waals surface area (Å²) < 4.78 is 8.61. The van der Waals surface area contributed by atoms with Gasteiger partial charge in [-0.05, 0) is 0 Å². The Bertz CT molecular complexity index is 71.0. The van der Waals surface area contributed by atoms with Crippen LogP contribution in [0.2, 0.25) is 0 Å². The first-order valence-electron chi connectivity index (χ1n) is 2.52. The Labute approximate surface area is 52.7 Å². The van der Waals surface area contributed by atoms with E-state index in [1.54, 1.807) is 0 Å². The van der Waals surface area contributed by atoms with Crippen LogP contribution < -0.4 is 0 Å². The van der Waals surface area contributed by atoms with E-state index >= 15 is 0 Å². The molecule has 0 radical (unpaired) electrons. The van der Waals surface area contributed by atoms with Gasteiger partial charge in [0, 0.05) is 6.42 Å². The predicted molar refractivity (Wildman–Crippen MR) is 28.6 cm³/mol. The zero-order chi connectivity index (χ0) is 6.95. The summed E-state index contributed by atoms with van der Waals surface area (Å²) in [5, 5.41) is 0. The highest BCUT2D eigenvalue weighted by Gasteiger charge is 1.84. The normalized spacial score (nSPS) is 8.00. The van der Waals surface area contributed by atoms with E-state index in [0.29, 0.717) is 32.6 Å².